The normalized spacial score (nSPS) is 9.79. The minimum absolute atomic E-state index is 0. The van der Waals surface area contributed by atoms with Gasteiger partial charge in [0.1, 0.15) is 5.75 Å². The molecule has 0 radical (unpaired) electrons. The third kappa shape index (κ3) is 27.7. The third-order valence-corrected chi connectivity index (χ3v) is 3.01. The number of hydrogen-bond donors (Lipinski definition) is 0. The molecule has 128 valence electrons. The first-order chi connectivity index (χ1) is 10.4. The van der Waals surface area contributed by atoms with Gasteiger partial charge >= 0.3 is 59.1 Å². The van der Waals surface area contributed by atoms with E-state index in [0.29, 0.717) is 0 Å². The van der Waals surface area contributed by atoms with Crippen LogP contribution in [0.15, 0.2) is 30.3 Å². The summed E-state index contributed by atoms with van der Waals surface area (Å²) < 4.78 is 39.7. The van der Waals surface area contributed by atoms with Gasteiger partial charge in [0.2, 0.25) is 0 Å². The summed E-state index contributed by atoms with van der Waals surface area (Å²) in [5, 5.41) is 0. The summed E-state index contributed by atoms with van der Waals surface area (Å²) in [6.45, 7) is 3.12. The third-order valence-electron chi connectivity index (χ3n) is 3.01. The van der Waals surface area contributed by atoms with Gasteiger partial charge in [-0.05, 0) is 18.6 Å². The van der Waals surface area contributed by atoms with E-state index in [1.165, 1.54) is 51.4 Å². The van der Waals surface area contributed by atoms with Gasteiger partial charge in [0, 0.05) is 10.4 Å². The van der Waals surface area contributed by atoms with E-state index in [9.17, 15) is 0 Å². The zero-order valence-corrected chi connectivity index (χ0v) is 20.0. The molecule has 0 fully saturated rings. The molecule has 0 unspecified atom stereocenters. The Bertz CT molecular complexity index is 447. The summed E-state index contributed by atoms with van der Waals surface area (Å²) in [5.41, 5.74) is 0. The molecule has 5 nitrogen and oxygen atoms in total. The Labute approximate surface area is 191 Å². The van der Waals surface area contributed by atoms with Crippen LogP contribution in [0.25, 0.3) is 0 Å². The molecule has 24 heavy (non-hydrogen) atoms. The first kappa shape index (κ1) is 29.6. The van der Waals surface area contributed by atoms with Gasteiger partial charge in [-0.3, -0.25) is 8.42 Å². The van der Waals surface area contributed by atoms with E-state index >= 15 is 0 Å². The summed E-state index contributed by atoms with van der Waals surface area (Å²) in [6, 6.07) is 10.1. The molecule has 0 aliphatic carbocycles. The molecular weight excluding hydrogens is 350 g/mol. The van der Waals surface area contributed by atoms with E-state index in [1.807, 2.05) is 30.3 Å². The largest absolute Gasteiger partial charge is 1.00 e. The number of para-hydroxylation sites is 1. The quantitative estimate of drug-likeness (QED) is 0.202. The minimum Gasteiger partial charge on any atom is -0.759 e. The molecule has 0 N–H and O–H groups in total. The van der Waals surface area contributed by atoms with Crippen LogP contribution in [0, 0.1) is 0 Å². The van der Waals surface area contributed by atoms with Crippen LogP contribution < -0.4 is 63.9 Å². The fourth-order valence-corrected chi connectivity index (χ4v) is 1.94. The summed E-state index contributed by atoms with van der Waals surface area (Å²) in [4.78, 5) is 0. The van der Waals surface area contributed by atoms with Gasteiger partial charge < -0.3 is 13.8 Å². The van der Waals surface area contributed by atoms with E-state index in [-0.39, 0.29) is 59.1 Å². The van der Waals surface area contributed by atoms with Crippen LogP contribution >= 0.6 is 0 Å². The molecule has 0 bridgehead atoms. The topological polar surface area (TPSA) is 89.5 Å². The Morgan fingerprint density at radius 1 is 0.833 bits per heavy atom. The van der Waals surface area contributed by atoms with E-state index in [2.05, 4.69) is 6.92 Å². The Morgan fingerprint density at radius 3 is 1.71 bits per heavy atom. The molecule has 0 atom stereocenters. The maximum atomic E-state index is 8.52. The smallest absolute Gasteiger partial charge is 0.759 e. The van der Waals surface area contributed by atoms with E-state index in [0.717, 1.165) is 12.4 Å². The van der Waals surface area contributed by atoms with Crippen molar-refractivity contribution in [3.63, 3.8) is 0 Å². The van der Waals surface area contributed by atoms with Crippen LogP contribution in [0.3, 0.4) is 0 Å². The van der Waals surface area contributed by atoms with Crippen LogP contribution in [0.5, 0.6) is 5.75 Å². The van der Waals surface area contributed by atoms with Crippen molar-refractivity contribution >= 4 is 10.4 Å². The standard InChI is InChI=1S/C16H26O.2Na.H2O4S/c1-2-3-4-5-6-7-8-12-15-17-16-13-10-9-11-14-16;;;1-5(2,3)4/h9-11,13-14H,2-8,12,15H2,1H3;;;(H2,1,2,3,4)/q;2*+1;/p-2. The number of ether oxygens (including phenoxy) is 1. The van der Waals surface area contributed by atoms with Crippen LogP contribution in [0.4, 0.5) is 0 Å². The average molecular weight is 376 g/mol. The summed E-state index contributed by atoms with van der Waals surface area (Å²) in [5.74, 6) is 0.996. The summed E-state index contributed by atoms with van der Waals surface area (Å²) in [7, 11) is -5.17. The Hall–Kier alpha value is 0.890. The van der Waals surface area contributed by atoms with E-state index < -0.39 is 10.4 Å². The number of hydrogen-bond acceptors (Lipinski definition) is 5. The van der Waals surface area contributed by atoms with Gasteiger partial charge in [-0.15, -0.1) is 0 Å². The van der Waals surface area contributed by atoms with Gasteiger partial charge in [-0.1, -0.05) is 70.1 Å². The van der Waals surface area contributed by atoms with Crippen molar-refractivity contribution in [2.75, 3.05) is 6.61 Å². The Kier molecular flexibility index (Phi) is 25.0. The maximum absolute atomic E-state index is 8.52. The Balaban J connectivity index is -0.000000554. The van der Waals surface area contributed by atoms with Crippen molar-refractivity contribution in [3.05, 3.63) is 30.3 Å². The zero-order chi connectivity index (χ0) is 16.7. The molecule has 0 aliphatic heterocycles. The van der Waals surface area contributed by atoms with Gasteiger partial charge in [0.15, 0.2) is 0 Å². The van der Waals surface area contributed by atoms with Crippen LogP contribution in [-0.2, 0) is 10.4 Å². The average Bonchev–Trinajstić information content (AvgIpc) is 2.45. The second kappa shape index (κ2) is 20.2. The molecule has 0 aromatic heterocycles. The van der Waals surface area contributed by atoms with Gasteiger partial charge in [0.25, 0.3) is 0 Å². The number of unbranched alkanes of at least 4 members (excludes halogenated alkanes) is 7. The molecule has 8 heteroatoms. The molecule has 0 aliphatic rings. The van der Waals surface area contributed by atoms with Crippen molar-refractivity contribution in [1.29, 1.82) is 0 Å². The van der Waals surface area contributed by atoms with Crippen molar-refractivity contribution in [1.82, 2.24) is 0 Å². The number of benzene rings is 1. The Morgan fingerprint density at radius 2 is 1.25 bits per heavy atom. The first-order valence-corrected chi connectivity index (χ1v) is 9.11. The van der Waals surface area contributed by atoms with Crippen molar-refractivity contribution in [2.24, 2.45) is 0 Å². The monoisotopic (exact) mass is 376 g/mol. The fraction of sp³-hybridized carbons (Fsp3) is 0.625. The molecule has 0 saturated carbocycles. The molecule has 1 aromatic rings. The molecule has 0 spiro atoms. The van der Waals surface area contributed by atoms with E-state index in [4.69, 9.17) is 22.3 Å². The van der Waals surface area contributed by atoms with Crippen LogP contribution in [0.2, 0.25) is 0 Å². The van der Waals surface area contributed by atoms with Gasteiger partial charge in [0.05, 0.1) is 6.61 Å². The molecule has 0 amide bonds. The second-order valence-electron chi connectivity index (χ2n) is 5.04. The van der Waals surface area contributed by atoms with Crippen molar-refractivity contribution in [3.8, 4) is 5.75 Å². The number of rotatable bonds is 10. The second-order valence-corrected chi connectivity index (χ2v) is 5.86. The van der Waals surface area contributed by atoms with E-state index in [1.54, 1.807) is 0 Å². The van der Waals surface area contributed by atoms with Crippen LogP contribution in [-0.4, -0.2) is 24.1 Å². The molecule has 0 saturated heterocycles. The predicted octanol–water partition coefficient (Wildman–Crippen LogP) is -2.12. The predicted molar refractivity (Wildman–Crippen MR) is 85.0 cm³/mol. The fourth-order valence-electron chi connectivity index (χ4n) is 1.94. The maximum Gasteiger partial charge on any atom is 1.00 e. The van der Waals surface area contributed by atoms with Crippen LogP contribution in [0.1, 0.15) is 58.3 Å². The van der Waals surface area contributed by atoms with Crippen molar-refractivity contribution in [2.45, 2.75) is 58.3 Å². The molecular formula is C16H26Na2O5S. The summed E-state index contributed by atoms with van der Waals surface area (Å²) in [6.07, 6.45) is 10.8. The molecule has 1 aromatic carbocycles. The van der Waals surface area contributed by atoms with Crippen molar-refractivity contribution < 1.29 is 81.4 Å². The van der Waals surface area contributed by atoms with Gasteiger partial charge in [-0.25, -0.2) is 0 Å². The zero-order valence-electron chi connectivity index (χ0n) is 15.2. The minimum atomic E-state index is -5.17. The SMILES string of the molecule is CCCCCCCCCCOc1ccccc1.O=S(=O)([O-])[O-].[Na+].[Na+]. The molecule has 0 heterocycles. The molecule has 1 rings (SSSR count). The first-order valence-electron chi connectivity index (χ1n) is 7.78. The summed E-state index contributed by atoms with van der Waals surface area (Å²) >= 11 is 0. The van der Waals surface area contributed by atoms with Gasteiger partial charge in [-0.2, -0.15) is 0 Å².